The minimum atomic E-state index is 0.723. The Morgan fingerprint density at radius 2 is 1.65 bits per heavy atom. The molecular formula is C26H33ClN4. The van der Waals surface area contributed by atoms with Crippen molar-refractivity contribution in [3.8, 4) is 0 Å². The molecule has 3 aliphatic rings. The Labute approximate surface area is 191 Å². The van der Waals surface area contributed by atoms with E-state index in [0.717, 1.165) is 47.7 Å². The van der Waals surface area contributed by atoms with Crippen molar-refractivity contribution in [3.63, 3.8) is 0 Å². The largest absolute Gasteiger partial charge is 0.384 e. The van der Waals surface area contributed by atoms with Crippen LogP contribution in [0.2, 0.25) is 5.02 Å². The quantitative estimate of drug-likeness (QED) is 0.499. The van der Waals surface area contributed by atoms with Gasteiger partial charge in [0.1, 0.15) is 0 Å². The molecule has 0 bridgehead atoms. The van der Waals surface area contributed by atoms with E-state index in [4.69, 9.17) is 11.6 Å². The maximum absolute atomic E-state index is 5.98. The number of hydrogen-bond donors (Lipinski definition) is 1. The highest BCUT2D eigenvalue weighted by molar-refractivity contribution is 6.30. The molecule has 31 heavy (non-hydrogen) atoms. The lowest BCUT2D eigenvalue weighted by Gasteiger charge is -2.44. The number of hydrogen-bond acceptors (Lipinski definition) is 4. The SMILES string of the molecule is Clc1ccc(N=Nc2ccc(NC[C@H]3CCCN4CCCC[C@@H]34)c3c2CCCC3)cc1. The molecule has 1 aliphatic carbocycles. The minimum absolute atomic E-state index is 0.723. The molecule has 0 radical (unpaired) electrons. The predicted octanol–water partition coefficient (Wildman–Crippen LogP) is 7.31. The summed E-state index contributed by atoms with van der Waals surface area (Å²) in [5.74, 6) is 0.776. The molecule has 0 spiro atoms. The topological polar surface area (TPSA) is 40.0 Å². The molecule has 2 aliphatic heterocycles. The number of piperidine rings is 2. The lowest BCUT2D eigenvalue weighted by molar-refractivity contribution is 0.0649. The standard InChI is InChI=1S/C26H33ClN4/c27-20-10-12-21(13-11-20)29-30-25-15-14-24(22-7-1-2-8-23(22)25)28-18-19-6-5-17-31-16-4-3-9-26(19)31/h10-15,19,26,28H,1-9,16-18H2/t19-,26+/m1/s1. The molecule has 0 unspecified atom stereocenters. The number of fused-ring (bicyclic) bond motifs is 2. The van der Waals surface area contributed by atoms with Crippen molar-refractivity contribution in [2.45, 2.75) is 63.8 Å². The fourth-order valence-corrected chi connectivity index (χ4v) is 5.91. The van der Waals surface area contributed by atoms with E-state index < -0.39 is 0 Å². The van der Waals surface area contributed by atoms with Gasteiger partial charge in [-0.15, -0.1) is 0 Å². The van der Waals surface area contributed by atoms with Crippen LogP contribution in [0.3, 0.4) is 0 Å². The molecule has 2 aromatic carbocycles. The first-order valence-electron chi connectivity index (χ1n) is 12.1. The molecule has 2 atom stereocenters. The predicted molar refractivity (Wildman–Crippen MR) is 129 cm³/mol. The lowest BCUT2D eigenvalue weighted by atomic mass is 9.83. The van der Waals surface area contributed by atoms with Crippen molar-refractivity contribution in [2.24, 2.45) is 16.1 Å². The Kier molecular flexibility index (Phi) is 6.56. The lowest BCUT2D eigenvalue weighted by Crippen LogP contribution is -2.49. The molecule has 0 saturated carbocycles. The fraction of sp³-hybridized carbons (Fsp3) is 0.538. The van der Waals surface area contributed by atoms with Gasteiger partial charge in [0.25, 0.3) is 0 Å². The molecule has 2 fully saturated rings. The Hall–Kier alpha value is -1.91. The van der Waals surface area contributed by atoms with Crippen LogP contribution in [0, 0.1) is 5.92 Å². The minimum Gasteiger partial charge on any atom is -0.384 e. The van der Waals surface area contributed by atoms with E-state index in [-0.39, 0.29) is 0 Å². The van der Waals surface area contributed by atoms with E-state index in [9.17, 15) is 0 Å². The summed E-state index contributed by atoms with van der Waals surface area (Å²) in [6.45, 7) is 3.72. The smallest absolute Gasteiger partial charge is 0.0893 e. The van der Waals surface area contributed by atoms with Crippen LogP contribution in [-0.4, -0.2) is 30.6 Å². The van der Waals surface area contributed by atoms with Crippen molar-refractivity contribution in [1.82, 2.24) is 4.90 Å². The summed E-state index contributed by atoms with van der Waals surface area (Å²) < 4.78 is 0. The number of nitrogens with one attached hydrogen (secondary N) is 1. The van der Waals surface area contributed by atoms with Gasteiger partial charge in [-0.2, -0.15) is 10.2 Å². The van der Waals surface area contributed by atoms with E-state index >= 15 is 0 Å². The second-order valence-electron chi connectivity index (χ2n) is 9.36. The Balaban J connectivity index is 1.32. The van der Waals surface area contributed by atoms with Gasteiger partial charge >= 0.3 is 0 Å². The average Bonchev–Trinajstić information content (AvgIpc) is 2.82. The van der Waals surface area contributed by atoms with Crippen molar-refractivity contribution < 1.29 is 0 Å². The van der Waals surface area contributed by atoms with Crippen LogP contribution in [0.5, 0.6) is 0 Å². The first kappa shape index (κ1) is 21.0. The highest BCUT2D eigenvalue weighted by Crippen LogP contribution is 2.37. The summed E-state index contributed by atoms with van der Waals surface area (Å²) in [6, 6.07) is 12.7. The van der Waals surface area contributed by atoms with Crippen LogP contribution in [0.25, 0.3) is 0 Å². The van der Waals surface area contributed by atoms with Gasteiger partial charge in [0.05, 0.1) is 11.4 Å². The summed E-state index contributed by atoms with van der Waals surface area (Å²) in [4.78, 5) is 2.76. The molecule has 164 valence electrons. The van der Waals surface area contributed by atoms with Gasteiger partial charge in [-0.3, -0.25) is 0 Å². The van der Waals surface area contributed by atoms with Gasteiger partial charge in [-0.25, -0.2) is 0 Å². The number of halogens is 1. The Morgan fingerprint density at radius 3 is 2.52 bits per heavy atom. The highest BCUT2D eigenvalue weighted by atomic mass is 35.5. The molecule has 4 nitrogen and oxygen atoms in total. The first-order chi connectivity index (χ1) is 15.3. The molecule has 0 aromatic heterocycles. The van der Waals surface area contributed by atoms with Crippen molar-refractivity contribution in [2.75, 3.05) is 25.0 Å². The van der Waals surface area contributed by atoms with Crippen LogP contribution in [0.1, 0.15) is 56.1 Å². The normalized spacial score (nSPS) is 24.0. The fourth-order valence-electron chi connectivity index (χ4n) is 5.78. The highest BCUT2D eigenvalue weighted by Gasteiger charge is 2.32. The molecular weight excluding hydrogens is 404 g/mol. The van der Waals surface area contributed by atoms with Gasteiger partial charge in [-0.1, -0.05) is 18.0 Å². The monoisotopic (exact) mass is 436 g/mol. The van der Waals surface area contributed by atoms with E-state index in [2.05, 4.69) is 32.6 Å². The Morgan fingerprint density at radius 1 is 0.839 bits per heavy atom. The third-order valence-corrected chi connectivity index (χ3v) is 7.65. The number of azo groups is 1. The van der Waals surface area contributed by atoms with E-state index in [1.165, 1.54) is 74.8 Å². The molecule has 1 N–H and O–H groups in total. The maximum Gasteiger partial charge on any atom is 0.0893 e. The van der Waals surface area contributed by atoms with Crippen LogP contribution < -0.4 is 5.32 Å². The van der Waals surface area contributed by atoms with E-state index in [1.807, 2.05) is 24.3 Å². The number of nitrogens with zero attached hydrogens (tertiary/aromatic N) is 3. The number of benzene rings is 2. The van der Waals surface area contributed by atoms with Crippen LogP contribution >= 0.6 is 11.6 Å². The molecule has 5 rings (SSSR count). The third kappa shape index (κ3) is 4.80. The molecule has 0 amide bonds. The summed E-state index contributed by atoms with van der Waals surface area (Å²) in [5, 5.41) is 13.7. The summed E-state index contributed by atoms with van der Waals surface area (Å²) in [7, 11) is 0. The van der Waals surface area contributed by atoms with Crippen LogP contribution in [-0.2, 0) is 12.8 Å². The average molecular weight is 437 g/mol. The summed E-state index contributed by atoms with van der Waals surface area (Å²) in [6.07, 6.45) is 11.6. The van der Waals surface area contributed by atoms with E-state index in [0.29, 0.717) is 0 Å². The number of rotatable bonds is 5. The Bertz CT molecular complexity index is 922. The third-order valence-electron chi connectivity index (χ3n) is 7.39. The van der Waals surface area contributed by atoms with Gasteiger partial charge in [0.2, 0.25) is 0 Å². The van der Waals surface area contributed by atoms with Crippen molar-refractivity contribution in [1.29, 1.82) is 0 Å². The van der Waals surface area contributed by atoms with Crippen molar-refractivity contribution >= 4 is 28.7 Å². The first-order valence-corrected chi connectivity index (χ1v) is 12.5. The summed E-state index contributed by atoms with van der Waals surface area (Å²) >= 11 is 5.98. The van der Waals surface area contributed by atoms with Gasteiger partial charge in [-0.05, 0) is 118 Å². The zero-order valence-electron chi connectivity index (χ0n) is 18.3. The maximum atomic E-state index is 5.98. The molecule has 5 heteroatoms. The van der Waals surface area contributed by atoms with Crippen molar-refractivity contribution in [3.05, 3.63) is 52.5 Å². The van der Waals surface area contributed by atoms with Gasteiger partial charge < -0.3 is 10.2 Å². The second-order valence-corrected chi connectivity index (χ2v) is 9.79. The van der Waals surface area contributed by atoms with Gasteiger partial charge in [0.15, 0.2) is 0 Å². The van der Waals surface area contributed by atoms with Gasteiger partial charge in [0, 0.05) is 23.3 Å². The zero-order valence-corrected chi connectivity index (χ0v) is 19.1. The number of anilines is 1. The molecule has 2 heterocycles. The van der Waals surface area contributed by atoms with E-state index in [1.54, 1.807) is 0 Å². The summed E-state index contributed by atoms with van der Waals surface area (Å²) in [5.41, 5.74) is 6.04. The van der Waals surface area contributed by atoms with Crippen LogP contribution in [0.4, 0.5) is 17.1 Å². The second kappa shape index (κ2) is 9.70. The molecule has 2 aromatic rings. The molecule has 2 saturated heterocycles. The zero-order chi connectivity index (χ0) is 21.0. The van der Waals surface area contributed by atoms with Crippen LogP contribution in [0.15, 0.2) is 46.6 Å².